The molecular weight excluding hydrogens is 238 g/mol. The highest BCUT2D eigenvalue weighted by Gasteiger charge is 1.99. The van der Waals surface area contributed by atoms with Crippen molar-refractivity contribution in [3.8, 4) is 0 Å². The topological polar surface area (TPSA) is 12.0 Å². The largest absolute Gasteiger partial charge is 0.307 e. The van der Waals surface area contributed by atoms with E-state index in [1.165, 1.54) is 15.6 Å². The fourth-order valence-corrected chi connectivity index (χ4v) is 1.53. The summed E-state index contributed by atoms with van der Waals surface area (Å²) in [5.74, 6) is 0. The van der Waals surface area contributed by atoms with Gasteiger partial charge in [0.25, 0.3) is 0 Å². The van der Waals surface area contributed by atoms with Crippen LogP contribution in [0.25, 0.3) is 0 Å². The summed E-state index contributed by atoms with van der Waals surface area (Å²) in [4.78, 5) is 0. The molecule has 2 heteroatoms. The Balaban J connectivity index is 2.59. The van der Waals surface area contributed by atoms with Crippen LogP contribution in [-0.2, 0) is 6.54 Å². The molecule has 76 valence electrons. The summed E-state index contributed by atoms with van der Waals surface area (Å²) in [7, 11) is 0. The van der Waals surface area contributed by atoms with Gasteiger partial charge in [0.1, 0.15) is 0 Å². The predicted octanol–water partition coefficient (Wildman–Crippen LogP) is 3.42. The van der Waals surface area contributed by atoms with Gasteiger partial charge in [-0.05, 0) is 31.0 Å². The molecule has 14 heavy (non-hydrogen) atoms. The SMILES string of the molecule is C=CC(C)NCc1ccc(C)c(Br)c1. The molecule has 0 bridgehead atoms. The first-order valence-electron chi connectivity index (χ1n) is 4.74. The van der Waals surface area contributed by atoms with Crippen molar-refractivity contribution in [2.45, 2.75) is 26.4 Å². The summed E-state index contributed by atoms with van der Waals surface area (Å²) in [5.41, 5.74) is 2.56. The molecule has 0 radical (unpaired) electrons. The van der Waals surface area contributed by atoms with Crippen LogP contribution in [0.4, 0.5) is 0 Å². The van der Waals surface area contributed by atoms with E-state index >= 15 is 0 Å². The lowest BCUT2D eigenvalue weighted by Crippen LogP contribution is -2.22. The molecule has 1 aromatic carbocycles. The number of nitrogens with one attached hydrogen (secondary N) is 1. The number of hydrogen-bond donors (Lipinski definition) is 1. The first-order valence-corrected chi connectivity index (χ1v) is 5.53. The molecule has 0 amide bonds. The van der Waals surface area contributed by atoms with E-state index in [1.807, 2.05) is 6.08 Å². The van der Waals surface area contributed by atoms with Crippen molar-refractivity contribution in [3.05, 3.63) is 46.5 Å². The Morgan fingerprint density at radius 1 is 1.57 bits per heavy atom. The maximum atomic E-state index is 3.73. The average Bonchev–Trinajstić information content (AvgIpc) is 2.19. The third kappa shape index (κ3) is 3.28. The Morgan fingerprint density at radius 3 is 2.86 bits per heavy atom. The third-order valence-corrected chi connectivity index (χ3v) is 3.07. The zero-order valence-corrected chi connectivity index (χ0v) is 10.3. The van der Waals surface area contributed by atoms with E-state index in [4.69, 9.17) is 0 Å². The van der Waals surface area contributed by atoms with Gasteiger partial charge in [-0.25, -0.2) is 0 Å². The van der Waals surface area contributed by atoms with Crippen LogP contribution in [0.2, 0.25) is 0 Å². The van der Waals surface area contributed by atoms with E-state index < -0.39 is 0 Å². The highest BCUT2D eigenvalue weighted by atomic mass is 79.9. The molecule has 1 nitrogen and oxygen atoms in total. The number of hydrogen-bond acceptors (Lipinski definition) is 1. The number of aryl methyl sites for hydroxylation is 1. The van der Waals surface area contributed by atoms with Gasteiger partial charge >= 0.3 is 0 Å². The van der Waals surface area contributed by atoms with Crippen molar-refractivity contribution in [1.29, 1.82) is 0 Å². The van der Waals surface area contributed by atoms with Crippen LogP contribution >= 0.6 is 15.9 Å². The zero-order valence-electron chi connectivity index (χ0n) is 8.68. The van der Waals surface area contributed by atoms with E-state index in [0.29, 0.717) is 6.04 Å². The number of benzene rings is 1. The Hall–Kier alpha value is -0.600. The van der Waals surface area contributed by atoms with Crippen LogP contribution in [0.3, 0.4) is 0 Å². The van der Waals surface area contributed by atoms with Crippen LogP contribution in [0.1, 0.15) is 18.1 Å². The van der Waals surface area contributed by atoms with Gasteiger partial charge in [-0.2, -0.15) is 0 Å². The molecule has 0 aliphatic carbocycles. The van der Waals surface area contributed by atoms with E-state index in [1.54, 1.807) is 0 Å². The molecule has 1 N–H and O–H groups in total. The van der Waals surface area contributed by atoms with Crippen molar-refractivity contribution in [2.75, 3.05) is 0 Å². The molecule has 1 aromatic rings. The molecule has 0 fully saturated rings. The van der Waals surface area contributed by atoms with Crippen molar-refractivity contribution >= 4 is 15.9 Å². The second-order valence-corrected chi connectivity index (χ2v) is 4.34. The molecule has 0 heterocycles. The Bertz CT molecular complexity index is 320. The van der Waals surface area contributed by atoms with E-state index in [9.17, 15) is 0 Å². The molecule has 0 aromatic heterocycles. The zero-order chi connectivity index (χ0) is 10.6. The van der Waals surface area contributed by atoms with Crippen LogP contribution in [0, 0.1) is 6.92 Å². The molecular formula is C12H16BrN. The fourth-order valence-electron chi connectivity index (χ4n) is 1.11. The van der Waals surface area contributed by atoms with Crippen molar-refractivity contribution in [1.82, 2.24) is 5.32 Å². The quantitative estimate of drug-likeness (QED) is 0.812. The summed E-state index contributed by atoms with van der Waals surface area (Å²) in [6, 6.07) is 6.77. The third-order valence-electron chi connectivity index (χ3n) is 2.22. The molecule has 0 saturated heterocycles. The summed E-state index contributed by atoms with van der Waals surface area (Å²) in [5, 5.41) is 3.36. The molecule has 0 saturated carbocycles. The summed E-state index contributed by atoms with van der Waals surface area (Å²) >= 11 is 3.52. The lowest BCUT2D eigenvalue weighted by atomic mass is 10.1. The predicted molar refractivity (Wildman–Crippen MR) is 65.4 cm³/mol. The van der Waals surface area contributed by atoms with E-state index in [0.717, 1.165) is 6.54 Å². The Kier molecular flexibility index (Phi) is 4.36. The van der Waals surface area contributed by atoms with E-state index in [2.05, 4.69) is 59.9 Å². The van der Waals surface area contributed by atoms with Crippen molar-refractivity contribution in [3.63, 3.8) is 0 Å². The second-order valence-electron chi connectivity index (χ2n) is 3.49. The second kappa shape index (κ2) is 5.32. The minimum Gasteiger partial charge on any atom is -0.307 e. The van der Waals surface area contributed by atoms with Gasteiger partial charge in [-0.15, -0.1) is 6.58 Å². The maximum absolute atomic E-state index is 3.73. The van der Waals surface area contributed by atoms with Gasteiger partial charge < -0.3 is 5.32 Å². The van der Waals surface area contributed by atoms with Crippen LogP contribution in [0.15, 0.2) is 35.3 Å². The molecule has 0 spiro atoms. The van der Waals surface area contributed by atoms with Crippen molar-refractivity contribution in [2.24, 2.45) is 0 Å². The summed E-state index contributed by atoms with van der Waals surface area (Å²) < 4.78 is 1.17. The monoisotopic (exact) mass is 253 g/mol. The maximum Gasteiger partial charge on any atom is 0.0222 e. The van der Waals surface area contributed by atoms with Crippen LogP contribution in [0.5, 0.6) is 0 Å². The van der Waals surface area contributed by atoms with Crippen LogP contribution < -0.4 is 5.32 Å². The van der Waals surface area contributed by atoms with Crippen molar-refractivity contribution < 1.29 is 0 Å². The average molecular weight is 254 g/mol. The highest BCUT2D eigenvalue weighted by molar-refractivity contribution is 9.10. The van der Waals surface area contributed by atoms with E-state index in [-0.39, 0.29) is 0 Å². The lowest BCUT2D eigenvalue weighted by Gasteiger charge is -2.09. The minimum absolute atomic E-state index is 0.357. The minimum atomic E-state index is 0.357. The summed E-state index contributed by atoms with van der Waals surface area (Å²) in [6.45, 7) is 8.80. The first-order chi connectivity index (χ1) is 6.63. The number of rotatable bonds is 4. The normalized spacial score (nSPS) is 12.5. The van der Waals surface area contributed by atoms with Gasteiger partial charge in [0.15, 0.2) is 0 Å². The Morgan fingerprint density at radius 2 is 2.29 bits per heavy atom. The van der Waals surface area contributed by atoms with Gasteiger partial charge in [0.05, 0.1) is 0 Å². The smallest absolute Gasteiger partial charge is 0.0222 e. The molecule has 0 aliphatic rings. The van der Waals surface area contributed by atoms with Gasteiger partial charge in [0, 0.05) is 17.1 Å². The van der Waals surface area contributed by atoms with Gasteiger partial charge in [-0.3, -0.25) is 0 Å². The lowest BCUT2D eigenvalue weighted by molar-refractivity contribution is 0.634. The molecule has 1 unspecified atom stereocenters. The molecule has 0 aliphatic heterocycles. The van der Waals surface area contributed by atoms with Crippen LogP contribution in [-0.4, -0.2) is 6.04 Å². The standard InChI is InChI=1S/C12H16BrN/c1-4-10(3)14-8-11-6-5-9(2)12(13)7-11/h4-7,10,14H,1,8H2,2-3H3. The van der Waals surface area contributed by atoms with Gasteiger partial charge in [-0.1, -0.05) is 34.1 Å². The first kappa shape index (κ1) is 11.5. The molecule has 1 rings (SSSR count). The fraction of sp³-hybridized carbons (Fsp3) is 0.333. The highest BCUT2D eigenvalue weighted by Crippen LogP contribution is 2.17. The Labute approximate surface area is 94.3 Å². The molecule has 1 atom stereocenters. The number of halogens is 1. The summed E-state index contributed by atoms with van der Waals surface area (Å²) in [6.07, 6.45) is 1.91. The van der Waals surface area contributed by atoms with Gasteiger partial charge in [0.2, 0.25) is 0 Å².